The monoisotopic (exact) mass is 298 g/mol. The van der Waals surface area contributed by atoms with E-state index in [9.17, 15) is 4.39 Å². The van der Waals surface area contributed by atoms with E-state index >= 15 is 0 Å². The van der Waals surface area contributed by atoms with E-state index in [4.69, 9.17) is 15.7 Å². The first-order valence-corrected chi connectivity index (χ1v) is 7.45. The van der Waals surface area contributed by atoms with E-state index in [-0.39, 0.29) is 17.3 Å². The normalized spacial score (nSPS) is 26.8. The highest BCUT2D eigenvalue weighted by Gasteiger charge is 2.52. The Morgan fingerprint density at radius 1 is 1.36 bits per heavy atom. The van der Waals surface area contributed by atoms with Gasteiger partial charge in [-0.05, 0) is 43.9 Å². The topological polar surface area (TPSA) is 48.2 Å². The lowest BCUT2D eigenvalue weighted by Gasteiger charge is -2.22. The molecule has 2 aromatic rings. The van der Waals surface area contributed by atoms with Crippen LogP contribution in [0.25, 0.3) is 11.4 Å². The van der Waals surface area contributed by atoms with Crippen LogP contribution in [0.2, 0.25) is 0 Å². The average molecular weight is 298 g/mol. The van der Waals surface area contributed by atoms with E-state index in [1.807, 2.05) is 0 Å². The van der Waals surface area contributed by atoms with Crippen LogP contribution in [0.4, 0.5) is 4.39 Å². The van der Waals surface area contributed by atoms with Gasteiger partial charge in [-0.15, -0.1) is 6.42 Å². The molecule has 0 spiro atoms. The smallest absolute Gasteiger partial charge is 0.235 e. The van der Waals surface area contributed by atoms with Crippen LogP contribution in [0.3, 0.4) is 0 Å². The van der Waals surface area contributed by atoms with Gasteiger partial charge in [-0.1, -0.05) is 11.1 Å². The first-order valence-electron chi connectivity index (χ1n) is 7.45. The van der Waals surface area contributed by atoms with E-state index in [1.54, 1.807) is 12.1 Å². The molecule has 1 saturated heterocycles. The maximum atomic E-state index is 14.1. The summed E-state index contributed by atoms with van der Waals surface area (Å²) in [7, 11) is 0. The van der Waals surface area contributed by atoms with Crippen molar-refractivity contribution in [1.29, 1.82) is 0 Å². The number of aromatic nitrogens is 2. The van der Waals surface area contributed by atoms with Crippen molar-refractivity contribution in [3.63, 3.8) is 0 Å². The van der Waals surface area contributed by atoms with Gasteiger partial charge < -0.3 is 9.26 Å². The molecule has 0 amide bonds. The number of benzene rings is 1. The zero-order chi connectivity index (χ0) is 15.2. The van der Waals surface area contributed by atoms with Gasteiger partial charge in [0.15, 0.2) is 0 Å². The third-order valence-corrected chi connectivity index (χ3v) is 4.80. The lowest BCUT2D eigenvalue weighted by atomic mass is 9.83. The van der Waals surface area contributed by atoms with Crippen molar-refractivity contribution < 1.29 is 13.7 Å². The van der Waals surface area contributed by atoms with Crippen molar-refractivity contribution in [2.24, 2.45) is 0 Å². The second kappa shape index (κ2) is 4.92. The summed E-state index contributed by atoms with van der Waals surface area (Å²) >= 11 is 0. The number of halogens is 1. The summed E-state index contributed by atoms with van der Waals surface area (Å²) in [5.41, 5.74) is 0.614. The highest BCUT2D eigenvalue weighted by Crippen LogP contribution is 2.48. The fraction of sp³-hybridized carbons (Fsp3) is 0.412. The first kappa shape index (κ1) is 13.5. The zero-order valence-corrected chi connectivity index (χ0v) is 12.0. The number of hydrogen-bond donors (Lipinski definition) is 0. The Bertz CT molecular complexity index is 752. The second-order valence-electron chi connectivity index (χ2n) is 5.92. The summed E-state index contributed by atoms with van der Waals surface area (Å²) in [6, 6.07) is 4.57. The Hall–Kier alpha value is -2.19. The molecule has 0 bridgehead atoms. The quantitative estimate of drug-likeness (QED) is 0.799. The molecule has 1 aromatic heterocycles. The van der Waals surface area contributed by atoms with Gasteiger partial charge in [0.1, 0.15) is 5.82 Å². The number of terminal acetylenes is 1. The van der Waals surface area contributed by atoms with Crippen LogP contribution in [-0.4, -0.2) is 22.9 Å². The molecule has 4 rings (SSSR count). The fourth-order valence-electron chi connectivity index (χ4n) is 3.63. The Labute approximate surface area is 127 Å². The van der Waals surface area contributed by atoms with Gasteiger partial charge in [0.25, 0.3) is 0 Å². The van der Waals surface area contributed by atoms with Crippen LogP contribution in [0, 0.1) is 18.2 Å². The minimum Gasteiger partial charge on any atom is -0.377 e. The van der Waals surface area contributed by atoms with E-state index in [1.165, 1.54) is 6.07 Å². The molecule has 4 nitrogen and oxygen atoms in total. The van der Waals surface area contributed by atoms with Crippen molar-refractivity contribution in [2.45, 2.75) is 37.2 Å². The molecule has 0 radical (unpaired) electrons. The third kappa shape index (κ3) is 1.87. The summed E-state index contributed by atoms with van der Waals surface area (Å²) in [4.78, 5) is 4.46. The van der Waals surface area contributed by atoms with Crippen molar-refractivity contribution >= 4 is 0 Å². The van der Waals surface area contributed by atoms with Crippen LogP contribution in [0.5, 0.6) is 0 Å². The van der Waals surface area contributed by atoms with Gasteiger partial charge in [0.05, 0.1) is 17.1 Å². The SMILES string of the molecule is C#Cc1ccc(-c2noc([C@]34CCC[C@H]3OCC4)n2)c(F)c1. The predicted molar refractivity (Wildman–Crippen MR) is 77.5 cm³/mol. The van der Waals surface area contributed by atoms with Crippen LogP contribution in [0.1, 0.15) is 37.1 Å². The maximum absolute atomic E-state index is 14.1. The van der Waals surface area contributed by atoms with Crippen molar-refractivity contribution in [3.8, 4) is 23.7 Å². The Balaban J connectivity index is 1.72. The molecule has 0 unspecified atom stereocenters. The third-order valence-electron chi connectivity index (χ3n) is 4.80. The minimum atomic E-state index is -0.439. The minimum absolute atomic E-state index is 0.148. The van der Waals surface area contributed by atoms with Gasteiger partial charge in [-0.25, -0.2) is 4.39 Å². The molecule has 5 heteroatoms. The Morgan fingerprint density at radius 2 is 2.27 bits per heavy atom. The van der Waals surface area contributed by atoms with Crippen LogP contribution in [-0.2, 0) is 10.2 Å². The lowest BCUT2D eigenvalue weighted by molar-refractivity contribution is 0.0847. The van der Waals surface area contributed by atoms with Gasteiger partial charge >= 0.3 is 0 Å². The summed E-state index contributed by atoms with van der Waals surface area (Å²) in [5.74, 6) is 2.80. The molecule has 2 heterocycles. The number of ether oxygens (including phenoxy) is 1. The number of rotatable bonds is 2. The molecule has 2 atom stereocenters. The van der Waals surface area contributed by atoms with Crippen LogP contribution >= 0.6 is 0 Å². The molecule has 2 aliphatic rings. The predicted octanol–water partition coefficient (Wildman–Crippen LogP) is 3.07. The van der Waals surface area contributed by atoms with Gasteiger partial charge in [0, 0.05) is 12.2 Å². The maximum Gasteiger partial charge on any atom is 0.235 e. The van der Waals surface area contributed by atoms with E-state index in [0.29, 0.717) is 23.6 Å². The largest absolute Gasteiger partial charge is 0.377 e. The first-order chi connectivity index (χ1) is 10.7. The highest BCUT2D eigenvalue weighted by atomic mass is 19.1. The molecule has 22 heavy (non-hydrogen) atoms. The molecular weight excluding hydrogens is 283 g/mol. The molecule has 2 fully saturated rings. The molecule has 1 aliphatic carbocycles. The number of hydrogen-bond acceptors (Lipinski definition) is 4. The second-order valence-corrected chi connectivity index (χ2v) is 5.92. The fourth-order valence-corrected chi connectivity index (χ4v) is 3.63. The Kier molecular flexibility index (Phi) is 3.02. The molecule has 112 valence electrons. The van der Waals surface area contributed by atoms with Crippen LogP contribution < -0.4 is 0 Å². The zero-order valence-electron chi connectivity index (χ0n) is 12.0. The standard InChI is InChI=1S/C17H15FN2O2/c1-2-11-5-6-12(13(18)10-11)15-19-16(22-20-15)17-7-3-4-14(17)21-9-8-17/h1,5-6,10,14H,3-4,7-9H2/t14-,17+/m1/s1. The van der Waals surface area contributed by atoms with E-state index < -0.39 is 5.82 Å². The van der Waals surface area contributed by atoms with E-state index in [0.717, 1.165) is 25.7 Å². The Morgan fingerprint density at radius 3 is 3.09 bits per heavy atom. The van der Waals surface area contributed by atoms with Gasteiger partial charge in [0.2, 0.25) is 11.7 Å². The molecule has 1 aromatic carbocycles. The van der Waals surface area contributed by atoms with Gasteiger partial charge in [-0.3, -0.25) is 0 Å². The molecule has 1 aliphatic heterocycles. The summed E-state index contributed by atoms with van der Waals surface area (Å²) in [6.07, 6.45) is 9.40. The average Bonchev–Trinajstić information content (AvgIpc) is 3.21. The summed E-state index contributed by atoms with van der Waals surface area (Å²) in [5, 5.41) is 3.97. The van der Waals surface area contributed by atoms with Crippen molar-refractivity contribution in [2.75, 3.05) is 6.61 Å². The summed E-state index contributed by atoms with van der Waals surface area (Å²) < 4.78 is 25.4. The van der Waals surface area contributed by atoms with Gasteiger partial charge in [-0.2, -0.15) is 4.98 Å². The molecular formula is C17H15FN2O2. The summed E-state index contributed by atoms with van der Waals surface area (Å²) in [6.45, 7) is 0.716. The number of nitrogens with zero attached hydrogens (tertiary/aromatic N) is 2. The van der Waals surface area contributed by atoms with Crippen molar-refractivity contribution in [1.82, 2.24) is 10.1 Å². The molecule has 0 N–H and O–H groups in total. The van der Waals surface area contributed by atoms with E-state index in [2.05, 4.69) is 16.1 Å². The van der Waals surface area contributed by atoms with Crippen LogP contribution in [0.15, 0.2) is 22.7 Å². The number of fused-ring (bicyclic) bond motifs is 1. The highest BCUT2D eigenvalue weighted by molar-refractivity contribution is 5.57. The van der Waals surface area contributed by atoms with Crippen molar-refractivity contribution in [3.05, 3.63) is 35.5 Å². The molecule has 1 saturated carbocycles. The lowest BCUT2D eigenvalue weighted by Crippen LogP contribution is -2.30.